The van der Waals surface area contributed by atoms with Crippen LogP contribution in [-0.2, 0) is 17.9 Å². The van der Waals surface area contributed by atoms with Gasteiger partial charge in [-0.3, -0.25) is 18.7 Å². The van der Waals surface area contributed by atoms with Crippen LogP contribution in [0.3, 0.4) is 0 Å². The van der Waals surface area contributed by atoms with E-state index in [0.717, 1.165) is 25.9 Å². The standard InChI is InChI=1S/C20H22FN5O3S/c1-2-9-25-18(28)16-17(23-19(30-16)24-10-3-4-11-24)26(20(25)29)12-15(27)22-14-7-5-13(21)6-8-14/h5-8H,2-4,9-12H2,1H3,(H,22,27). The van der Waals surface area contributed by atoms with Crippen molar-refractivity contribution in [1.82, 2.24) is 14.1 Å². The second-order valence-electron chi connectivity index (χ2n) is 7.22. The Morgan fingerprint density at radius 3 is 2.53 bits per heavy atom. The highest BCUT2D eigenvalue weighted by Gasteiger charge is 2.23. The quantitative estimate of drug-likeness (QED) is 0.648. The number of benzene rings is 1. The van der Waals surface area contributed by atoms with Gasteiger partial charge in [0.2, 0.25) is 5.91 Å². The molecule has 2 aromatic heterocycles. The van der Waals surface area contributed by atoms with Crippen molar-refractivity contribution in [2.45, 2.75) is 39.3 Å². The van der Waals surface area contributed by atoms with Crippen molar-refractivity contribution in [3.63, 3.8) is 0 Å². The predicted octanol–water partition coefficient (Wildman–Crippen LogP) is 2.41. The van der Waals surface area contributed by atoms with Gasteiger partial charge in [-0.1, -0.05) is 18.3 Å². The number of hydrogen-bond donors (Lipinski definition) is 1. The van der Waals surface area contributed by atoms with Crippen molar-refractivity contribution < 1.29 is 9.18 Å². The van der Waals surface area contributed by atoms with Crippen LogP contribution in [0.15, 0.2) is 33.9 Å². The summed E-state index contributed by atoms with van der Waals surface area (Å²) in [4.78, 5) is 45.1. The van der Waals surface area contributed by atoms with Crippen LogP contribution in [0.5, 0.6) is 0 Å². The topological polar surface area (TPSA) is 89.2 Å². The zero-order valence-electron chi connectivity index (χ0n) is 16.6. The van der Waals surface area contributed by atoms with Crippen LogP contribution in [0.2, 0.25) is 0 Å². The Balaban J connectivity index is 1.74. The van der Waals surface area contributed by atoms with E-state index in [1.807, 2.05) is 6.92 Å². The maximum absolute atomic E-state index is 13.1. The monoisotopic (exact) mass is 431 g/mol. The Hall–Kier alpha value is -3.01. The van der Waals surface area contributed by atoms with Gasteiger partial charge in [0, 0.05) is 25.3 Å². The Morgan fingerprint density at radius 2 is 1.87 bits per heavy atom. The first-order chi connectivity index (χ1) is 14.5. The molecule has 0 spiro atoms. The second-order valence-corrected chi connectivity index (χ2v) is 8.20. The highest BCUT2D eigenvalue weighted by molar-refractivity contribution is 7.22. The Morgan fingerprint density at radius 1 is 1.17 bits per heavy atom. The third-order valence-electron chi connectivity index (χ3n) is 5.01. The number of amides is 1. The fraction of sp³-hybridized carbons (Fsp3) is 0.400. The van der Waals surface area contributed by atoms with Crippen LogP contribution in [0.4, 0.5) is 15.2 Å². The summed E-state index contributed by atoms with van der Waals surface area (Å²) in [5.74, 6) is -0.864. The zero-order chi connectivity index (χ0) is 21.3. The van der Waals surface area contributed by atoms with Gasteiger partial charge in [-0.05, 0) is 43.5 Å². The van der Waals surface area contributed by atoms with E-state index < -0.39 is 17.4 Å². The molecule has 0 unspecified atom stereocenters. The molecule has 1 fully saturated rings. The number of halogens is 1. The molecule has 4 rings (SSSR count). The lowest BCUT2D eigenvalue weighted by Gasteiger charge is -2.12. The van der Waals surface area contributed by atoms with E-state index in [0.29, 0.717) is 21.9 Å². The first kappa shape index (κ1) is 20.3. The molecule has 3 aromatic rings. The highest BCUT2D eigenvalue weighted by atomic mass is 32.1. The second kappa shape index (κ2) is 8.39. The summed E-state index contributed by atoms with van der Waals surface area (Å²) in [6.07, 6.45) is 2.73. The normalized spacial score (nSPS) is 13.9. The van der Waals surface area contributed by atoms with Gasteiger partial charge in [-0.25, -0.2) is 14.2 Å². The number of aromatic nitrogens is 3. The van der Waals surface area contributed by atoms with E-state index in [1.165, 1.54) is 44.7 Å². The lowest BCUT2D eigenvalue weighted by atomic mass is 10.3. The number of nitrogens with one attached hydrogen (secondary N) is 1. The van der Waals surface area contributed by atoms with Crippen molar-refractivity contribution in [3.05, 3.63) is 50.9 Å². The van der Waals surface area contributed by atoms with Crippen LogP contribution in [-0.4, -0.2) is 33.1 Å². The number of anilines is 2. The molecule has 1 aromatic carbocycles. The van der Waals surface area contributed by atoms with Crippen molar-refractivity contribution in [2.24, 2.45) is 0 Å². The fourth-order valence-electron chi connectivity index (χ4n) is 3.55. The minimum Gasteiger partial charge on any atom is -0.348 e. The summed E-state index contributed by atoms with van der Waals surface area (Å²) in [5, 5.41) is 3.35. The van der Waals surface area contributed by atoms with Crippen molar-refractivity contribution >= 4 is 38.4 Å². The first-order valence-electron chi connectivity index (χ1n) is 9.92. The van der Waals surface area contributed by atoms with Crippen LogP contribution >= 0.6 is 11.3 Å². The summed E-state index contributed by atoms with van der Waals surface area (Å²) < 4.78 is 15.9. The predicted molar refractivity (Wildman–Crippen MR) is 115 cm³/mol. The molecule has 0 radical (unpaired) electrons. The third-order valence-corrected chi connectivity index (χ3v) is 6.10. The first-order valence-corrected chi connectivity index (χ1v) is 10.7. The molecule has 1 N–H and O–H groups in total. The van der Waals surface area contributed by atoms with Gasteiger partial charge in [0.15, 0.2) is 10.8 Å². The van der Waals surface area contributed by atoms with Gasteiger partial charge in [-0.2, -0.15) is 0 Å². The van der Waals surface area contributed by atoms with E-state index in [2.05, 4.69) is 15.2 Å². The molecule has 0 aliphatic carbocycles. The van der Waals surface area contributed by atoms with Crippen LogP contribution in [0.25, 0.3) is 10.3 Å². The lowest BCUT2D eigenvalue weighted by Crippen LogP contribution is -2.41. The van der Waals surface area contributed by atoms with E-state index in [1.54, 1.807) is 0 Å². The summed E-state index contributed by atoms with van der Waals surface area (Å²) >= 11 is 1.27. The molecule has 30 heavy (non-hydrogen) atoms. The smallest absolute Gasteiger partial charge is 0.333 e. The SMILES string of the molecule is CCCn1c(=O)c2sc(N3CCCC3)nc2n(CC(=O)Nc2ccc(F)cc2)c1=O. The van der Waals surface area contributed by atoms with Gasteiger partial charge in [0.05, 0.1) is 0 Å². The average Bonchev–Trinajstić information content (AvgIpc) is 3.40. The van der Waals surface area contributed by atoms with E-state index in [4.69, 9.17) is 0 Å². The summed E-state index contributed by atoms with van der Waals surface area (Å²) in [7, 11) is 0. The maximum Gasteiger partial charge on any atom is 0.333 e. The number of nitrogens with zero attached hydrogens (tertiary/aromatic N) is 4. The molecule has 10 heteroatoms. The Bertz CT molecular complexity index is 1190. The molecular formula is C20H22FN5O3S. The zero-order valence-corrected chi connectivity index (χ0v) is 17.4. The van der Waals surface area contributed by atoms with Gasteiger partial charge < -0.3 is 10.2 Å². The molecule has 1 amide bonds. The summed E-state index contributed by atoms with van der Waals surface area (Å²) in [5.41, 5.74) is -0.265. The van der Waals surface area contributed by atoms with Crippen molar-refractivity contribution in [3.8, 4) is 0 Å². The summed E-state index contributed by atoms with van der Waals surface area (Å²) in [6, 6.07) is 5.37. The Labute approximate surface area is 175 Å². The summed E-state index contributed by atoms with van der Waals surface area (Å²) in [6.45, 7) is 3.57. The van der Waals surface area contributed by atoms with Crippen molar-refractivity contribution in [2.75, 3.05) is 23.3 Å². The van der Waals surface area contributed by atoms with Crippen molar-refractivity contribution in [1.29, 1.82) is 0 Å². The minimum absolute atomic E-state index is 0.235. The number of thiazole rings is 1. The number of fused-ring (bicyclic) bond motifs is 1. The number of carbonyl (C=O) groups excluding carboxylic acids is 1. The number of hydrogen-bond acceptors (Lipinski definition) is 6. The Kier molecular flexibility index (Phi) is 5.67. The van der Waals surface area contributed by atoms with E-state index in [-0.39, 0.29) is 24.3 Å². The molecule has 0 bridgehead atoms. The molecule has 1 aliphatic heterocycles. The molecule has 1 saturated heterocycles. The van der Waals surface area contributed by atoms with Crippen LogP contribution < -0.4 is 21.5 Å². The van der Waals surface area contributed by atoms with Gasteiger partial charge >= 0.3 is 5.69 Å². The fourth-order valence-corrected chi connectivity index (χ4v) is 4.62. The number of rotatable bonds is 6. The van der Waals surface area contributed by atoms with E-state index in [9.17, 15) is 18.8 Å². The molecule has 1 aliphatic rings. The lowest BCUT2D eigenvalue weighted by molar-refractivity contribution is -0.116. The van der Waals surface area contributed by atoms with Gasteiger partial charge in [0.25, 0.3) is 5.56 Å². The van der Waals surface area contributed by atoms with Gasteiger partial charge in [0.1, 0.15) is 17.1 Å². The molecule has 158 valence electrons. The maximum atomic E-state index is 13.1. The molecule has 8 nitrogen and oxygen atoms in total. The molecule has 0 saturated carbocycles. The average molecular weight is 431 g/mol. The van der Waals surface area contributed by atoms with Gasteiger partial charge in [-0.15, -0.1) is 0 Å². The molecule has 3 heterocycles. The number of carbonyl (C=O) groups is 1. The van der Waals surface area contributed by atoms with E-state index >= 15 is 0 Å². The largest absolute Gasteiger partial charge is 0.348 e. The third kappa shape index (κ3) is 3.87. The molecule has 0 atom stereocenters. The highest BCUT2D eigenvalue weighted by Crippen LogP contribution is 2.28. The van der Waals surface area contributed by atoms with Crippen LogP contribution in [0, 0.1) is 5.82 Å². The van der Waals surface area contributed by atoms with Crippen LogP contribution in [0.1, 0.15) is 26.2 Å². The molecular weight excluding hydrogens is 409 g/mol. The minimum atomic E-state index is -0.554.